The van der Waals surface area contributed by atoms with Crippen LogP contribution in [-0.2, 0) is 9.22 Å². The van der Waals surface area contributed by atoms with Crippen molar-refractivity contribution in [1.29, 1.82) is 0 Å². The molecular weight excluding hydrogens is 242 g/mol. The lowest BCUT2D eigenvalue weighted by molar-refractivity contribution is -0.117. The molecule has 2 aliphatic heterocycles. The van der Waals surface area contributed by atoms with E-state index in [1.807, 2.05) is 0 Å². The molecular formula is C14H27NO2Si. The lowest BCUT2D eigenvalue weighted by Gasteiger charge is -2.40. The van der Waals surface area contributed by atoms with Gasteiger partial charge < -0.3 is 4.43 Å². The van der Waals surface area contributed by atoms with E-state index in [1.165, 1.54) is 6.42 Å². The first-order chi connectivity index (χ1) is 8.16. The minimum Gasteiger partial charge on any atom is -0.415 e. The fraction of sp³-hybridized carbons (Fsp3) is 0.929. The summed E-state index contributed by atoms with van der Waals surface area (Å²) in [6, 6.07) is 0. The Morgan fingerprint density at radius 3 is 2.67 bits per heavy atom. The van der Waals surface area contributed by atoms with E-state index in [9.17, 15) is 4.79 Å². The zero-order valence-electron chi connectivity index (χ0n) is 12.5. The molecule has 0 bridgehead atoms. The Kier molecular flexibility index (Phi) is 3.50. The van der Waals surface area contributed by atoms with Gasteiger partial charge in [-0.2, -0.15) is 0 Å². The molecule has 0 unspecified atom stereocenters. The highest BCUT2D eigenvalue weighted by Gasteiger charge is 2.49. The van der Waals surface area contributed by atoms with E-state index < -0.39 is 8.32 Å². The molecule has 0 aromatic carbocycles. The fourth-order valence-electron chi connectivity index (χ4n) is 2.82. The summed E-state index contributed by atoms with van der Waals surface area (Å²) < 4.78 is 6.38. The standard InChI is InChI=1S/C14H27NO2Si/c1-13(2,3)18(4,5)17-11-14-7-6-8-15(14)10-12(16)9-14/h6-11H2,1-5H3/t14-/m0/s1. The summed E-state index contributed by atoms with van der Waals surface area (Å²) in [5.41, 5.74) is 0.0482. The molecule has 0 radical (unpaired) electrons. The third-order valence-electron chi connectivity index (χ3n) is 5.14. The van der Waals surface area contributed by atoms with E-state index in [2.05, 4.69) is 38.8 Å². The molecule has 2 fully saturated rings. The number of carbonyl (C=O) groups excluding carboxylic acids is 1. The van der Waals surface area contributed by atoms with Crippen molar-refractivity contribution in [2.45, 2.75) is 63.7 Å². The van der Waals surface area contributed by atoms with Gasteiger partial charge in [0.15, 0.2) is 8.32 Å². The number of ketones is 1. The summed E-state index contributed by atoms with van der Waals surface area (Å²) in [5, 5.41) is 0.246. The van der Waals surface area contributed by atoms with Crippen molar-refractivity contribution in [2.75, 3.05) is 19.7 Å². The number of hydrogen-bond acceptors (Lipinski definition) is 3. The molecule has 104 valence electrons. The van der Waals surface area contributed by atoms with Crippen molar-refractivity contribution < 1.29 is 9.22 Å². The summed E-state index contributed by atoms with van der Waals surface area (Å²) in [6.07, 6.45) is 3.06. The van der Waals surface area contributed by atoms with E-state index in [0.29, 0.717) is 18.7 Å². The smallest absolute Gasteiger partial charge is 0.192 e. The number of rotatable bonds is 3. The lowest BCUT2D eigenvalue weighted by Crippen LogP contribution is -2.49. The first kappa shape index (κ1) is 14.2. The molecule has 3 nitrogen and oxygen atoms in total. The van der Waals surface area contributed by atoms with Crippen LogP contribution in [0.3, 0.4) is 0 Å². The number of carbonyl (C=O) groups is 1. The van der Waals surface area contributed by atoms with Crippen molar-refractivity contribution in [3.63, 3.8) is 0 Å². The highest BCUT2D eigenvalue weighted by Crippen LogP contribution is 2.41. The maximum Gasteiger partial charge on any atom is 0.192 e. The molecule has 0 spiro atoms. The van der Waals surface area contributed by atoms with Gasteiger partial charge in [-0.05, 0) is 37.5 Å². The zero-order valence-corrected chi connectivity index (χ0v) is 13.5. The Morgan fingerprint density at radius 1 is 1.39 bits per heavy atom. The van der Waals surface area contributed by atoms with E-state index in [-0.39, 0.29) is 10.6 Å². The minimum absolute atomic E-state index is 0.0482. The van der Waals surface area contributed by atoms with Crippen LogP contribution >= 0.6 is 0 Å². The molecule has 18 heavy (non-hydrogen) atoms. The number of Topliss-reactive ketones (excluding diaryl/α,β-unsaturated/α-hetero) is 1. The average Bonchev–Trinajstić information content (AvgIpc) is 2.69. The van der Waals surface area contributed by atoms with Crippen LogP contribution in [-0.4, -0.2) is 44.2 Å². The lowest BCUT2D eigenvalue weighted by atomic mass is 9.95. The topological polar surface area (TPSA) is 29.5 Å². The minimum atomic E-state index is -1.70. The van der Waals surface area contributed by atoms with E-state index in [4.69, 9.17) is 4.43 Å². The summed E-state index contributed by atoms with van der Waals surface area (Å²) in [6.45, 7) is 13.9. The second kappa shape index (κ2) is 4.42. The highest BCUT2D eigenvalue weighted by atomic mass is 28.4. The first-order valence-corrected chi connectivity index (χ1v) is 9.98. The number of nitrogens with zero attached hydrogens (tertiary/aromatic N) is 1. The summed E-state index contributed by atoms with van der Waals surface area (Å²) in [7, 11) is -1.70. The predicted molar refractivity (Wildman–Crippen MR) is 76.3 cm³/mol. The Bertz CT molecular complexity index is 348. The van der Waals surface area contributed by atoms with Crippen molar-refractivity contribution in [1.82, 2.24) is 4.90 Å². The van der Waals surface area contributed by atoms with Crippen LogP contribution < -0.4 is 0 Å². The second-order valence-corrected chi connectivity index (χ2v) is 12.3. The van der Waals surface area contributed by atoms with Gasteiger partial charge in [-0.1, -0.05) is 20.8 Å². The third kappa shape index (κ3) is 2.42. The summed E-state index contributed by atoms with van der Waals surface area (Å²) in [5.74, 6) is 0.397. The van der Waals surface area contributed by atoms with Crippen molar-refractivity contribution in [3.05, 3.63) is 0 Å². The first-order valence-electron chi connectivity index (χ1n) is 7.07. The van der Waals surface area contributed by atoms with Gasteiger partial charge in [-0.3, -0.25) is 9.69 Å². The largest absolute Gasteiger partial charge is 0.415 e. The number of hydrogen-bond donors (Lipinski definition) is 0. The van der Waals surface area contributed by atoms with Crippen LogP contribution in [0.5, 0.6) is 0 Å². The van der Waals surface area contributed by atoms with Gasteiger partial charge in [-0.25, -0.2) is 0 Å². The summed E-state index contributed by atoms with van der Waals surface area (Å²) in [4.78, 5) is 14.1. The van der Waals surface area contributed by atoms with Crippen LogP contribution in [0.4, 0.5) is 0 Å². The van der Waals surface area contributed by atoms with E-state index in [1.54, 1.807) is 0 Å². The highest BCUT2D eigenvalue weighted by molar-refractivity contribution is 6.74. The average molecular weight is 269 g/mol. The molecule has 0 aromatic rings. The van der Waals surface area contributed by atoms with Crippen LogP contribution in [0.1, 0.15) is 40.0 Å². The van der Waals surface area contributed by atoms with Crippen molar-refractivity contribution in [2.24, 2.45) is 0 Å². The Morgan fingerprint density at radius 2 is 2.06 bits per heavy atom. The predicted octanol–water partition coefficient (Wildman–Crippen LogP) is 2.82. The fourth-order valence-corrected chi connectivity index (χ4v) is 3.89. The molecule has 4 heteroatoms. The normalized spacial score (nSPS) is 29.9. The molecule has 2 rings (SSSR count). The molecule has 0 saturated carbocycles. The maximum atomic E-state index is 11.7. The Balaban J connectivity index is 2.04. The van der Waals surface area contributed by atoms with Gasteiger partial charge >= 0.3 is 0 Å². The SMILES string of the molecule is CC(C)(C)[Si](C)(C)OC[C@@]12CCCN1CC(=O)C2. The van der Waals surface area contributed by atoms with Gasteiger partial charge in [0.2, 0.25) is 0 Å². The van der Waals surface area contributed by atoms with Crippen LogP contribution in [0.25, 0.3) is 0 Å². The molecule has 2 aliphatic rings. The molecule has 0 aliphatic carbocycles. The van der Waals surface area contributed by atoms with Crippen LogP contribution in [0.2, 0.25) is 18.1 Å². The molecule has 0 aromatic heterocycles. The molecule has 0 N–H and O–H groups in total. The third-order valence-corrected chi connectivity index (χ3v) is 9.62. The second-order valence-electron chi connectivity index (χ2n) is 7.51. The van der Waals surface area contributed by atoms with E-state index >= 15 is 0 Å². The van der Waals surface area contributed by atoms with Gasteiger partial charge in [-0.15, -0.1) is 0 Å². The Labute approximate surface area is 112 Å². The Hall–Kier alpha value is -0.193. The monoisotopic (exact) mass is 269 g/mol. The van der Waals surface area contributed by atoms with E-state index in [0.717, 1.165) is 19.6 Å². The zero-order chi connectivity index (χ0) is 13.6. The van der Waals surface area contributed by atoms with Gasteiger partial charge in [0.25, 0.3) is 0 Å². The van der Waals surface area contributed by atoms with Gasteiger partial charge in [0.05, 0.1) is 18.7 Å². The van der Waals surface area contributed by atoms with Crippen molar-refractivity contribution in [3.8, 4) is 0 Å². The van der Waals surface area contributed by atoms with Crippen LogP contribution in [0.15, 0.2) is 0 Å². The van der Waals surface area contributed by atoms with Crippen LogP contribution in [0, 0.1) is 0 Å². The quantitative estimate of drug-likeness (QED) is 0.738. The maximum absolute atomic E-state index is 11.7. The molecule has 2 saturated heterocycles. The van der Waals surface area contributed by atoms with Gasteiger partial charge in [0, 0.05) is 6.42 Å². The van der Waals surface area contributed by atoms with Crippen molar-refractivity contribution >= 4 is 14.1 Å². The molecule has 1 atom stereocenters. The molecule has 0 amide bonds. The van der Waals surface area contributed by atoms with Gasteiger partial charge in [0.1, 0.15) is 5.78 Å². The summed E-state index contributed by atoms with van der Waals surface area (Å²) >= 11 is 0. The number of fused-ring (bicyclic) bond motifs is 1. The molecule has 2 heterocycles.